The first-order valence-electron chi connectivity index (χ1n) is 47.1. The van der Waals surface area contributed by atoms with Crippen LogP contribution in [0.4, 0.5) is 0 Å². The number of carbonyl (C=O) groups is 3. The molecular weight excluding hydrogens is 1300 g/mol. The molecule has 620 valence electrons. The Labute approximate surface area is 655 Å². The Bertz CT molecular complexity index is 1820. The van der Waals surface area contributed by atoms with Crippen molar-refractivity contribution in [3.05, 3.63) is 36.5 Å². The van der Waals surface area contributed by atoms with E-state index in [-0.39, 0.29) is 32.2 Å². The first kappa shape index (κ1) is 103. The lowest BCUT2D eigenvalue weighted by Gasteiger charge is -2.26. The van der Waals surface area contributed by atoms with Crippen molar-refractivity contribution in [1.82, 2.24) is 0 Å². The van der Waals surface area contributed by atoms with Crippen molar-refractivity contribution in [2.45, 2.75) is 514 Å². The number of likely N-dealkylation sites (N-methyl/N-ethyl adjacent to an activating group) is 1. The summed E-state index contributed by atoms with van der Waals surface area (Å²) in [5.74, 6) is -2.24. The van der Waals surface area contributed by atoms with Gasteiger partial charge < -0.3 is 33.3 Å². The summed E-state index contributed by atoms with van der Waals surface area (Å²) in [5.41, 5.74) is 0. The maximum absolute atomic E-state index is 13.0. The van der Waals surface area contributed by atoms with Gasteiger partial charge in [0.15, 0.2) is 12.4 Å². The molecule has 0 amide bonds. The van der Waals surface area contributed by atoms with Crippen LogP contribution in [0.3, 0.4) is 0 Å². The lowest BCUT2D eigenvalue weighted by Crippen LogP contribution is -2.44. The fraction of sp³-hybridized carbons (Fsp3) is 0.906. The molecule has 0 aromatic heterocycles. The van der Waals surface area contributed by atoms with E-state index in [1.54, 1.807) is 0 Å². The van der Waals surface area contributed by atoms with Crippen LogP contribution >= 0.6 is 0 Å². The molecule has 0 aromatic carbocycles. The van der Waals surface area contributed by atoms with Crippen LogP contribution in [0.2, 0.25) is 0 Å². The SMILES string of the molecule is CCCCCCC/C=C\C/C=C\C/C=C\CCCCCCCCCCCCCCCCCCCCCCCCCCCCC(=O)OC(COC(=O)CCCCCCCCCCCCCCCCCCCCCCCCCCCCCCCCCCCCCCCCC)COC(OCC[N+](C)(C)C)C(=O)[O-]. The quantitative estimate of drug-likeness (QED) is 0.0195. The Morgan fingerprint density at radius 3 is 0.762 bits per heavy atom. The normalized spacial score (nSPS) is 12.7. The van der Waals surface area contributed by atoms with Gasteiger partial charge in [0.05, 0.1) is 40.3 Å². The molecular formula is C96H183NO8. The first-order chi connectivity index (χ1) is 51.6. The number of esters is 2. The van der Waals surface area contributed by atoms with Crippen LogP contribution in [0, 0.1) is 0 Å². The van der Waals surface area contributed by atoms with E-state index in [1.165, 1.54) is 424 Å². The van der Waals surface area contributed by atoms with Crippen molar-refractivity contribution in [2.75, 3.05) is 47.5 Å². The van der Waals surface area contributed by atoms with Gasteiger partial charge in [0.25, 0.3) is 0 Å². The van der Waals surface area contributed by atoms with E-state index >= 15 is 0 Å². The molecule has 105 heavy (non-hydrogen) atoms. The fourth-order valence-corrected chi connectivity index (χ4v) is 14.7. The van der Waals surface area contributed by atoms with Crippen molar-refractivity contribution < 1.29 is 42.9 Å². The highest BCUT2D eigenvalue weighted by Crippen LogP contribution is 2.22. The number of nitrogens with zero attached hydrogens (tertiary/aromatic N) is 1. The molecule has 0 bridgehead atoms. The molecule has 0 fully saturated rings. The number of carboxylic acids is 1. The van der Waals surface area contributed by atoms with Crippen LogP contribution in [0.15, 0.2) is 36.5 Å². The minimum Gasteiger partial charge on any atom is -0.545 e. The zero-order valence-corrected chi connectivity index (χ0v) is 71.4. The summed E-state index contributed by atoms with van der Waals surface area (Å²) in [4.78, 5) is 37.7. The monoisotopic (exact) mass is 1480 g/mol. The molecule has 0 radical (unpaired) electrons. The zero-order valence-electron chi connectivity index (χ0n) is 71.4. The minimum absolute atomic E-state index is 0.152. The van der Waals surface area contributed by atoms with Crippen molar-refractivity contribution in [1.29, 1.82) is 0 Å². The molecule has 9 heteroatoms. The number of carbonyl (C=O) groups excluding carboxylic acids is 3. The Morgan fingerprint density at radius 2 is 0.514 bits per heavy atom. The van der Waals surface area contributed by atoms with Gasteiger partial charge in [-0.3, -0.25) is 9.59 Å². The summed E-state index contributed by atoms with van der Waals surface area (Å²) in [6, 6.07) is 0. The number of hydrogen-bond acceptors (Lipinski definition) is 8. The molecule has 0 aliphatic heterocycles. The average molecular weight is 1480 g/mol. The maximum Gasteiger partial charge on any atom is 0.306 e. The van der Waals surface area contributed by atoms with Crippen LogP contribution < -0.4 is 5.11 Å². The van der Waals surface area contributed by atoms with Crippen LogP contribution in [0.1, 0.15) is 502 Å². The lowest BCUT2D eigenvalue weighted by molar-refractivity contribution is -0.870. The number of ether oxygens (including phenoxy) is 4. The second-order valence-electron chi connectivity index (χ2n) is 33.7. The molecule has 9 nitrogen and oxygen atoms in total. The summed E-state index contributed by atoms with van der Waals surface area (Å²) < 4.78 is 23.0. The van der Waals surface area contributed by atoms with Crippen molar-refractivity contribution in [2.24, 2.45) is 0 Å². The molecule has 0 rings (SSSR count). The number of unbranched alkanes of at least 4 members (excludes halogenated alkanes) is 69. The van der Waals surface area contributed by atoms with Crippen molar-refractivity contribution in [3.8, 4) is 0 Å². The van der Waals surface area contributed by atoms with Gasteiger partial charge in [0.2, 0.25) is 0 Å². The fourth-order valence-electron chi connectivity index (χ4n) is 14.7. The maximum atomic E-state index is 13.0. The van der Waals surface area contributed by atoms with Gasteiger partial charge in [-0.15, -0.1) is 0 Å². The van der Waals surface area contributed by atoms with E-state index in [2.05, 4.69) is 50.3 Å². The number of quaternary nitrogens is 1. The van der Waals surface area contributed by atoms with Crippen LogP contribution in [0.5, 0.6) is 0 Å². The Balaban J connectivity index is 3.86. The van der Waals surface area contributed by atoms with E-state index in [0.29, 0.717) is 17.4 Å². The molecule has 0 saturated heterocycles. The summed E-state index contributed by atoms with van der Waals surface area (Å²) in [7, 11) is 5.96. The third kappa shape index (κ3) is 88.6. The Morgan fingerprint density at radius 1 is 0.286 bits per heavy atom. The lowest BCUT2D eigenvalue weighted by atomic mass is 10.0. The zero-order chi connectivity index (χ0) is 76.0. The molecule has 0 aliphatic carbocycles. The van der Waals surface area contributed by atoms with Crippen LogP contribution in [-0.2, 0) is 33.3 Å². The van der Waals surface area contributed by atoms with Gasteiger partial charge in [0, 0.05) is 12.8 Å². The molecule has 0 N–H and O–H groups in total. The van der Waals surface area contributed by atoms with Gasteiger partial charge in [-0.25, -0.2) is 0 Å². The van der Waals surface area contributed by atoms with Crippen LogP contribution in [0.25, 0.3) is 0 Å². The Kier molecular flexibility index (Phi) is 85.0. The molecule has 0 spiro atoms. The molecule has 0 saturated carbocycles. The minimum atomic E-state index is -1.62. The Hall–Kier alpha value is -2.49. The second kappa shape index (κ2) is 87.1. The van der Waals surface area contributed by atoms with E-state index < -0.39 is 24.3 Å². The average Bonchev–Trinajstić information content (AvgIpc) is 1.18. The summed E-state index contributed by atoms with van der Waals surface area (Å²) in [5, 5.41) is 11.9. The number of allylic oxidation sites excluding steroid dienone is 6. The van der Waals surface area contributed by atoms with Gasteiger partial charge >= 0.3 is 11.9 Å². The number of aliphatic carboxylic acids is 1. The summed E-state index contributed by atoms with van der Waals surface area (Å²) in [6.07, 6.45) is 112. The number of carboxylic acid groups (broad SMARTS) is 1. The van der Waals surface area contributed by atoms with E-state index in [0.717, 1.165) is 51.4 Å². The van der Waals surface area contributed by atoms with Gasteiger partial charge in [-0.1, -0.05) is 474 Å². The van der Waals surface area contributed by atoms with Gasteiger partial charge in [-0.2, -0.15) is 0 Å². The number of rotatable bonds is 90. The molecule has 2 atom stereocenters. The van der Waals surface area contributed by atoms with Crippen LogP contribution in [-0.4, -0.2) is 82.3 Å². The van der Waals surface area contributed by atoms with Gasteiger partial charge in [-0.05, 0) is 51.4 Å². The highest BCUT2D eigenvalue weighted by atomic mass is 16.7. The predicted molar refractivity (Wildman–Crippen MR) is 454 cm³/mol. The molecule has 0 heterocycles. The summed E-state index contributed by atoms with van der Waals surface area (Å²) in [6.45, 7) is 4.84. The first-order valence-corrected chi connectivity index (χ1v) is 47.1. The van der Waals surface area contributed by atoms with E-state index in [4.69, 9.17) is 18.9 Å². The van der Waals surface area contributed by atoms with E-state index in [9.17, 15) is 19.5 Å². The van der Waals surface area contributed by atoms with Crippen molar-refractivity contribution >= 4 is 17.9 Å². The standard InChI is InChI=1S/C96H183NO8/c1-6-8-10-12-14-16-18-20-22-24-26-28-30-32-34-36-38-40-42-44-46-47-49-51-53-55-57-59-61-63-65-67-69-71-73-75-77-79-81-83-85-87-94(99)105-92(91-104-96(95(100)101)102-89-88-97(3,4)5)90-103-93(98)86-84-82-80-78-76-74-72-70-68-66-64-62-60-58-56-54-52-50-48-45-43-41-39-37-35-33-31-29-27-25-23-21-19-17-15-13-11-9-7-2/h18,20,24,26,30,32,92,96H,6-17,19,21-23,25,27-29,31,33-91H2,1-5H3/b20-18-,26-24-,32-30-. The largest absolute Gasteiger partial charge is 0.545 e. The highest BCUT2D eigenvalue weighted by molar-refractivity contribution is 5.70. The molecule has 0 aliphatic rings. The third-order valence-electron chi connectivity index (χ3n) is 21.9. The molecule has 2 unspecified atom stereocenters. The smallest absolute Gasteiger partial charge is 0.306 e. The number of hydrogen-bond donors (Lipinski definition) is 0. The molecule has 0 aromatic rings. The van der Waals surface area contributed by atoms with E-state index in [1.807, 2.05) is 21.1 Å². The van der Waals surface area contributed by atoms with Crippen molar-refractivity contribution in [3.63, 3.8) is 0 Å². The second-order valence-corrected chi connectivity index (χ2v) is 33.7. The topological polar surface area (TPSA) is 111 Å². The summed E-state index contributed by atoms with van der Waals surface area (Å²) >= 11 is 0. The third-order valence-corrected chi connectivity index (χ3v) is 21.9. The highest BCUT2D eigenvalue weighted by Gasteiger charge is 2.22. The van der Waals surface area contributed by atoms with Gasteiger partial charge in [0.1, 0.15) is 13.2 Å². The predicted octanol–water partition coefficient (Wildman–Crippen LogP) is 29.6.